The minimum Gasteiger partial charge on any atom is -0.472 e. The van der Waals surface area contributed by atoms with Gasteiger partial charge in [0.15, 0.2) is 0 Å². The van der Waals surface area contributed by atoms with E-state index in [0.717, 1.165) is 11.1 Å². The van der Waals surface area contributed by atoms with E-state index >= 15 is 0 Å². The van der Waals surface area contributed by atoms with Gasteiger partial charge in [0.05, 0.1) is 12.5 Å². The lowest BCUT2D eigenvalue weighted by molar-refractivity contribution is -0.122. The molecular weight excluding hydrogens is 216 g/mol. The van der Waals surface area contributed by atoms with E-state index in [2.05, 4.69) is 5.32 Å². The highest BCUT2D eigenvalue weighted by Crippen LogP contribution is 2.09. The average molecular weight is 230 g/mol. The van der Waals surface area contributed by atoms with Crippen molar-refractivity contribution >= 4 is 5.91 Å². The van der Waals surface area contributed by atoms with Crippen LogP contribution in [0.2, 0.25) is 0 Å². The first-order valence-electron chi connectivity index (χ1n) is 5.36. The average Bonchev–Trinajstić information content (AvgIpc) is 2.89. The van der Waals surface area contributed by atoms with Crippen molar-refractivity contribution in [1.82, 2.24) is 5.32 Å². The van der Waals surface area contributed by atoms with E-state index in [-0.39, 0.29) is 5.91 Å². The number of furan rings is 1. The molecule has 1 amide bonds. The largest absolute Gasteiger partial charge is 0.472 e. The van der Waals surface area contributed by atoms with Gasteiger partial charge in [-0.2, -0.15) is 0 Å². The second-order valence-electron chi connectivity index (χ2n) is 3.74. The maximum Gasteiger partial charge on any atom is 0.241 e. The molecule has 17 heavy (non-hydrogen) atoms. The molecule has 0 saturated heterocycles. The summed E-state index contributed by atoms with van der Waals surface area (Å²) in [5, 5.41) is 2.76. The Bertz CT molecular complexity index is 465. The van der Waals surface area contributed by atoms with E-state index in [9.17, 15) is 4.79 Å². The molecule has 0 unspecified atom stereocenters. The van der Waals surface area contributed by atoms with Crippen LogP contribution < -0.4 is 11.1 Å². The molecule has 1 atom stereocenters. The highest BCUT2D eigenvalue weighted by Gasteiger charge is 2.14. The summed E-state index contributed by atoms with van der Waals surface area (Å²) in [7, 11) is 0. The summed E-state index contributed by atoms with van der Waals surface area (Å²) in [4.78, 5) is 11.8. The Hall–Kier alpha value is -2.07. The van der Waals surface area contributed by atoms with E-state index < -0.39 is 6.04 Å². The summed E-state index contributed by atoms with van der Waals surface area (Å²) in [6.45, 7) is 0.426. The quantitative estimate of drug-likeness (QED) is 0.838. The van der Waals surface area contributed by atoms with Crippen molar-refractivity contribution in [2.45, 2.75) is 12.6 Å². The number of carbonyl (C=O) groups excluding carboxylic acids is 1. The summed E-state index contributed by atoms with van der Waals surface area (Å²) < 4.78 is 4.91. The van der Waals surface area contributed by atoms with Crippen molar-refractivity contribution in [2.24, 2.45) is 5.73 Å². The third kappa shape index (κ3) is 2.95. The molecule has 0 saturated carbocycles. The van der Waals surface area contributed by atoms with Gasteiger partial charge in [-0.1, -0.05) is 30.3 Å². The SMILES string of the molecule is N[C@@H](C(=O)NCc1ccoc1)c1ccccc1. The summed E-state index contributed by atoms with van der Waals surface area (Å²) in [6, 6.07) is 10.4. The Morgan fingerprint density at radius 3 is 2.71 bits per heavy atom. The van der Waals surface area contributed by atoms with Gasteiger partial charge < -0.3 is 15.5 Å². The number of rotatable bonds is 4. The van der Waals surface area contributed by atoms with Crippen LogP contribution >= 0.6 is 0 Å². The highest BCUT2D eigenvalue weighted by atomic mass is 16.3. The number of carbonyl (C=O) groups is 1. The predicted octanol–water partition coefficient (Wildman–Crippen LogP) is 1.60. The monoisotopic (exact) mass is 230 g/mol. The van der Waals surface area contributed by atoms with Gasteiger partial charge >= 0.3 is 0 Å². The molecule has 3 N–H and O–H groups in total. The Labute approximate surface area is 99.4 Å². The maximum absolute atomic E-state index is 11.8. The van der Waals surface area contributed by atoms with E-state index in [1.807, 2.05) is 30.3 Å². The first-order chi connectivity index (χ1) is 8.27. The molecule has 1 aromatic carbocycles. The zero-order valence-electron chi connectivity index (χ0n) is 9.30. The number of benzene rings is 1. The van der Waals surface area contributed by atoms with Crippen LogP contribution in [0.15, 0.2) is 53.3 Å². The normalized spacial score (nSPS) is 12.1. The number of nitrogens with two attached hydrogens (primary N) is 1. The number of nitrogens with one attached hydrogen (secondary N) is 1. The fourth-order valence-electron chi connectivity index (χ4n) is 1.50. The third-order valence-electron chi connectivity index (χ3n) is 2.49. The molecule has 0 bridgehead atoms. The summed E-state index contributed by atoms with van der Waals surface area (Å²) in [5.41, 5.74) is 7.56. The van der Waals surface area contributed by atoms with Gasteiger partial charge in [0.2, 0.25) is 5.91 Å². The van der Waals surface area contributed by atoms with Crippen LogP contribution in [0.3, 0.4) is 0 Å². The van der Waals surface area contributed by atoms with Gasteiger partial charge in [-0.05, 0) is 11.6 Å². The van der Waals surface area contributed by atoms with Gasteiger partial charge in [-0.3, -0.25) is 4.79 Å². The van der Waals surface area contributed by atoms with E-state index in [4.69, 9.17) is 10.2 Å². The molecule has 0 spiro atoms. The van der Waals surface area contributed by atoms with Crippen molar-refractivity contribution < 1.29 is 9.21 Å². The van der Waals surface area contributed by atoms with Gasteiger partial charge in [-0.25, -0.2) is 0 Å². The molecule has 2 rings (SSSR count). The van der Waals surface area contributed by atoms with Gasteiger partial charge in [-0.15, -0.1) is 0 Å². The Balaban J connectivity index is 1.92. The van der Waals surface area contributed by atoms with E-state index in [0.29, 0.717) is 6.54 Å². The van der Waals surface area contributed by atoms with Gasteiger partial charge in [0.25, 0.3) is 0 Å². The molecule has 2 aromatic rings. The predicted molar refractivity (Wildman–Crippen MR) is 63.9 cm³/mol. The Kier molecular flexibility index (Phi) is 3.57. The Morgan fingerprint density at radius 1 is 1.29 bits per heavy atom. The van der Waals surface area contributed by atoms with Crippen molar-refractivity contribution in [1.29, 1.82) is 0 Å². The first kappa shape index (κ1) is 11.4. The van der Waals surface area contributed by atoms with Gasteiger partial charge in [0.1, 0.15) is 6.04 Å². The lowest BCUT2D eigenvalue weighted by atomic mass is 10.1. The van der Waals surface area contributed by atoms with Crippen LogP contribution in [0.1, 0.15) is 17.2 Å². The standard InChI is InChI=1S/C13H14N2O2/c14-12(11-4-2-1-3-5-11)13(16)15-8-10-6-7-17-9-10/h1-7,9,12H,8,14H2,(H,15,16)/t12-/m1/s1. The van der Waals surface area contributed by atoms with E-state index in [1.54, 1.807) is 18.6 Å². The highest BCUT2D eigenvalue weighted by molar-refractivity contribution is 5.82. The van der Waals surface area contributed by atoms with Crippen LogP contribution in [-0.4, -0.2) is 5.91 Å². The van der Waals surface area contributed by atoms with Gasteiger partial charge in [0, 0.05) is 12.1 Å². The molecule has 4 heteroatoms. The number of hydrogen-bond acceptors (Lipinski definition) is 3. The molecule has 4 nitrogen and oxygen atoms in total. The number of hydrogen-bond donors (Lipinski definition) is 2. The third-order valence-corrected chi connectivity index (χ3v) is 2.49. The molecular formula is C13H14N2O2. The van der Waals surface area contributed by atoms with Crippen LogP contribution in [0.5, 0.6) is 0 Å². The molecule has 88 valence electrons. The number of amides is 1. The molecule has 1 aromatic heterocycles. The smallest absolute Gasteiger partial charge is 0.241 e. The second-order valence-corrected chi connectivity index (χ2v) is 3.74. The fourth-order valence-corrected chi connectivity index (χ4v) is 1.50. The minimum atomic E-state index is -0.636. The Morgan fingerprint density at radius 2 is 2.06 bits per heavy atom. The maximum atomic E-state index is 11.8. The van der Waals surface area contributed by atoms with Crippen LogP contribution in [0.4, 0.5) is 0 Å². The topological polar surface area (TPSA) is 68.3 Å². The zero-order chi connectivity index (χ0) is 12.1. The van der Waals surface area contributed by atoms with Crippen LogP contribution in [0, 0.1) is 0 Å². The molecule has 0 aliphatic carbocycles. The van der Waals surface area contributed by atoms with Crippen LogP contribution in [-0.2, 0) is 11.3 Å². The summed E-state index contributed by atoms with van der Waals surface area (Å²) in [5.74, 6) is -0.197. The summed E-state index contributed by atoms with van der Waals surface area (Å²) >= 11 is 0. The molecule has 0 fully saturated rings. The van der Waals surface area contributed by atoms with Crippen molar-refractivity contribution in [3.05, 3.63) is 60.1 Å². The second kappa shape index (κ2) is 5.32. The summed E-state index contributed by atoms with van der Waals surface area (Å²) in [6.07, 6.45) is 3.16. The lowest BCUT2D eigenvalue weighted by Crippen LogP contribution is -2.33. The zero-order valence-corrected chi connectivity index (χ0v) is 9.30. The van der Waals surface area contributed by atoms with Crippen molar-refractivity contribution in [3.63, 3.8) is 0 Å². The molecule has 0 aliphatic rings. The molecule has 1 heterocycles. The first-order valence-corrected chi connectivity index (χ1v) is 5.36. The lowest BCUT2D eigenvalue weighted by Gasteiger charge is -2.11. The molecule has 0 aliphatic heterocycles. The van der Waals surface area contributed by atoms with E-state index in [1.165, 1.54) is 0 Å². The van der Waals surface area contributed by atoms with Crippen molar-refractivity contribution in [2.75, 3.05) is 0 Å². The molecule has 0 radical (unpaired) electrons. The fraction of sp³-hybridized carbons (Fsp3) is 0.154. The minimum absolute atomic E-state index is 0.197. The van der Waals surface area contributed by atoms with Crippen LogP contribution in [0.25, 0.3) is 0 Å². The van der Waals surface area contributed by atoms with Crippen molar-refractivity contribution in [3.8, 4) is 0 Å².